The van der Waals surface area contributed by atoms with Crippen LogP contribution in [0.3, 0.4) is 0 Å². The molecule has 0 fully saturated rings. The standard InChI is InChI=1S/C16H17BrN2/c17-14-6-7-16-13(9-14)10-18-15(11-19-16)8-12-4-2-1-3-5-12/h1-7,9,15,18-19H,8,10-11H2/t15-/m1/s1. The molecule has 98 valence electrons. The van der Waals surface area contributed by atoms with Crippen LogP contribution < -0.4 is 10.6 Å². The quantitative estimate of drug-likeness (QED) is 0.885. The van der Waals surface area contributed by atoms with Crippen LogP contribution in [0.1, 0.15) is 11.1 Å². The maximum Gasteiger partial charge on any atom is 0.0387 e. The molecule has 2 aromatic rings. The van der Waals surface area contributed by atoms with Crippen molar-refractivity contribution in [2.24, 2.45) is 0 Å². The molecule has 1 aliphatic rings. The molecule has 19 heavy (non-hydrogen) atoms. The largest absolute Gasteiger partial charge is 0.383 e. The van der Waals surface area contributed by atoms with E-state index in [0.717, 1.165) is 24.0 Å². The van der Waals surface area contributed by atoms with E-state index in [1.165, 1.54) is 16.8 Å². The van der Waals surface area contributed by atoms with E-state index in [0.29, 0.717) is 6.04 Å². The third-order valence-electron chi connectivity index (χ3n) is 3.51. The molecule has 0 aliphatic carbocycles. The molecule has 2 nitrogen and oxygen atoms in total. The number of hydrogen-bond acceptors (Lipinski definition) is 2. The fourth-order valence-electron chi connectivity index (χ4n) is 2.48. The van der Waals surface area contributed by atoms with Gasteiger partial charge in [-0.3, -0.25) is 0 Å². The lowest BCUT2D eigenvalue weighted by molar-refractivity contribution is 0.537. The predicted octanol–water partition coefficient (Wildman–Crippen LogP) is 3.58. The highest BCUT2D eigenvalue weighted by Crippen LogP contribution is 2.23. The van der Waals surface area contributed by atoms with Crippen molar-refractivity contribution in [2.75, 3.05) is 11.9 Å². The summed E-state index contributed by atoms with van der Waals surface area (Å²) in [5.74, 6) is 0. The van der Waals surface area contributed by atoms with E-state index in [2.05, 4.69) is 75.1 Å². The van der Waals surface area contributed by atoms with Crippen LogP contribution in [0, 0.1) is 0 Å². The normalized spacial score (nSPS) is 18.3. The van der Waals surface area contributed by atoms with Crippen LogP contribution in [0.25, 0.3) is 0 Å². The van der Waals surface area contributed by atoms with Crippen LogP contribution >= 0.6 is 15.9 Å². The van der Waals surface area contributed by atoms with Gasteiger partial charge in [-0.15, -0.1) is 0 Å². The lowest BCUT2D eigenvalue weighted by atomic mass is 10.1. The van der Waals surface area contributed by atoms with Gasteiger partial charge in [0.1, 0.15) is 0 Å². The Bertz CT molecular complexity index is 554. The van der Waals surface area contributed by atoms with Gasteiger partial charge in [-0.1, -0.05) is 46.3 Å². The van der Waals surface area contributed by atoms with Gasteiger partial charge < -0.3 is 10.6 Å². The Hall–Kier alpha value is -1.32. The van der Waals surface area contributed by atoms with Crippen LogP contribution in [0.4, 0.5) is 5.69 Å². The molecule has 0 amide bonds. The average Bonchev–Trinajstić information content (AvgIpc) is 2.63. The van der Waals surface area contributed by atoms with Gasteiger partial charge in [-0.2, -0.15) is 0 Å². The Balaban J connectivity index is 1.70. The minimum absolute atomic E-state index is 0.466. The molecular formula is C16H17BrN2. The first-order valence-electron chi connectivity index (χ1n) is 6.61. The number of benzene rings is 2. The molecule has 0 aromatic heterocycles. The molecule has 0 unspecified atom stereocenters. The number of hydrogen-bond donors (Lipinski definition) is 2. The molecule has 1 aliphatic heterocycles. The fourth-order valence-corrected chi connectivity index (χ4v) is 2.89. The minimum atomic E-state index is 0.466. The third-order valence-corrected chi connectivity index (χ3v) is 4.01. The molecule has 1 atom stereocenters. The molecule has 0 spiro atoms. The Labute approximate surface area is 122 Å². The summed E-state index contributed by atoms with van der Waals surface area (Å²) in [4.78, 5) is 0. The molecular weight excluding hydrogens is 300 g/mol. The van der Waals surface area contributed by atoms with E-state index in [1.54, 1.807) is 0 Å². The van der Waals surface area contributed by atoms with Gasteiger partial charge in [-0.25, -0.2) is 0 Å². The first kappa shape index (κ1) is 12.7. The SMILES string of the molecule is Brc1ccc2c(c1)CN[C@H](Cc1ccccc1)CN2. The Morgan fingerprint density at radius 3 is 2.79 bits per heavy atom. The van der Waals surface area contributed by atoms with Crippen molar-refractivity contribution in [2.45, 2.75) is 19.0 Å². The number of nitrogens with one attached hydrogen (secondary N) is 2. The van der Waals surface area contributed by atoms with Crippen molar-refractivity contribution in [3.63, 3.8) is 0 Å². The van der Waals surface area contributed by atoms with Crippen molar-refractivity contribution in [3.05, 3.63) is 64.1 Å². The van der Waals surface area contributed by atoms with Gasteiger partial charge in [0.2, 0.25) is 0 Å². The zero-order valence-electron chi connectivity index (χ0n) is 10.7. The smallest absolute Gasteiger partial charge is 0.0387 e. The molecule has 0 radical (unpaired) electrons. The van der Waals surface area contributed by atoms with Crippen LogP contribution in [-0.4, -0.2) is 12.6 Å². The van der Waals surface area contributed by atoms with Gasteiger partial charge in [-0.05, 0) is 35.7 Å². The summed E-state index contributed by atoms with van der Waals surface area (Å²) in [5, 5.41) is 7.17. The molecule has 2 aromatic carbocycles. The van der Waals surface area contributed by atoms with Crippen molar-refractivity contribution < 1.29 is 0 Å². The van der Waals surface area contributed by atoms with Crippen LogP contribution in [0.5, 0.6) is 0 Å². The second kappa shape index (κ2) is 5.76. The zero-order valence-corrected chi connectivity index (χ0v) is 12.3. The molecule has 1 heterocycles. The summed E-state index contributed by atoms with van der Waals surface area (Å²) in [6, 6.07) is 17.5. The van der Waals surface area contributed by atoms with Crippen molar-refractivity contribution in [1.82, 2.24) is 5.32 Å². The van der Waals surface area contributed by atoms with E-state index in [-0.39, 0.29) is 0 Å². The minimum Gasteiger partial charge on any atom is -0.383 e. The number of halogens is 1. The highest BCUT2D eigenvalue weighted by atomic mass is 79.9. The van der Waals surface area contributed by atoms with Crippen molar-refractivity contribution in [3.8, 4) is 0 Å². The van der Waals surface area contributed by atoms with E-state index in [9.17, 15) is 0 Å². The number of rotatable bonds is 2. The second-order valence-corrected chi connectivity index (χ2v) is 5.87. The topological polar surface area (TPSA) is 24.1 Å². The molecule has 3 heteroatoms. The molecule has 0 bridgehead atoms. The second-order valence-electron chi connectivity index (χ2n) is 4.95. The molecule has 2 N–H and O–H groups in total. The summed E-state index contributed by atoms with van der Waals surface area (Å²) in [7, 11) is 0. The molecule has 0 saturated carbocycles. The summed E-state index contributed by atoms with van der Waals surface area (Å²) >= 11 is 3.53. The fraction of sp³-hybridized carbons (Fsp3) is 0.250. The van der Waals surface area contributed by atoms with Crippen LogP contribution in [0.2, 0.25) is 0 Å². The van der Waals surface area contributed by atoms with E-state index in [1.807, 2.05) is 0 Å². The van der Waals surface area contributed by atoms with Crippen molar-refractivity contribution >= 4 is 21.6 Å². The summed E-state index contributed by atoms with van der Waals surface area (Å²) < 4.78 is 1.14. The Morgan fingerprint density at radius 1 is 1.11 bits per heavy atom. The predicted molar refractivity (Wildman–Crippen MR) is 83.4 cm³/mol. The summed E-state index contributed by atoms with van der Waals surface area (Å²) in [5.41, 5.74) is 3.95. The highest BCUT2D eigenvalue weighted by Gasteiger charge is 2.15. The maximum absolute atomic E-state index is 3.63. The Kier molecular flexibility index (Phi) is 3.85. The first-order chi connectivity index (χ1) is 9.31. The summed E-state index contributed by atoms with van der Waals surface area (Å²) in [6.07, 6.45) is 1.06. The highest BCUT2D eigenvalue weighted by molar-refractivity contribution is 9.10. The van der Waals surface area contributed by atoms with Gasteiger partial charge in [0.05, 0.1) is 0 Å². The van der Waals surface area contributed by atoms with Crippen LogP contribution in [-0.2, 0) is 13.0 Å². The number of anilines is 1. The van der Waals surface area contributed by atoms with E-state index >= 15 is 0 Å². The van der Waals surface area contributed by atoms with Crippen molar-refractivity contribution in [1.29, 1.82) is 0 Å². The van der Waals surface area contributed by atoms with Gasteiger partial charge in [0.25, 0.3) is 0 Å². The van der Waals surface area contributed by atoms with Gasteiger partial charge in [0, 0.05) is 29.3 Å². The zero-order chi connectivity index (χ0) is 13.1. The van der Waals surface area contributed by atoms with E-state index < -0.39 is 0 Å². The maximum atomic E-state index is 3.63. The summed E-state index contributed by atoms with van der Waals surface area (Å²) in [6.45, 7) is 1.88. The first-order valence-corrected chi connectivity index (χ1v) is 7.40. The van der Waals surface area contributed by atoms with Gasteiger partial charge in [0.15, 0.2) is 0 Å². The van der Waals surface area contributed by atoms with Gasteiger partial charge >= 0.3 is 0 Å². The third kappa shape index (κ3) is 3.17. The molecule has 3 rings (SSSR count). The van der Waals surface area contributed by atoms with E-state index in [4.69, 9.17) is 0 Å². The lowest BCUT2D eigenvalue weighted by Gasteiger charge is -2.15. The monoisotopic (exact) mass is 316 g/mol. The van der Waals surface area contributed by atoms with Crippen LogP contribution in [0.15, 0.2) is 53.0 Å². The lowest BCUT2D eigenvalue weighted by Crippen LogP contribution is -2.34. The number of fused-ring (bicyclic) bond motifs is 1. The molecule has 0 saturated heterocycles. The Morgan fingerprint density at radius 2 is 1.95 bits per heavy atom. The average molecular weight is 317 g/mol.